The summed E-state index contributed by atoms with van der Waals surface area (Å²) >= 11 is 0. The molecule has 0 unspecified atom stereocenters. The van der Waals surface area contributed by atoms with Gasteiger partial charge in [0.1, 0.15) is 5.82 Å². The number of nitrogens with zero attached hydrogens (tertiary/aromatic N) is 5. The van der Waals surface area contributed by atoms with E-state index in [4.69, 9.17) is 9.10 Å². The van der Waals surface area contributed by atoms with Crippen LogP contribution in [0.1, 0.15) is 64.9 Å². The lowest BCUT2D eigenvalue weighted by Crippen LogP contribution is -2.29. The monoisotopic (exact) mass is 460 g/mol. The summed E-state index contributed by atoms with van der Waals surface area (Å²) in [6.45, 7) is 1.43. The van der Waals surface area contributed by atoms with Gasteiger partial charge in [0, 0.05) is 59.4 Å². The molecule has 1 aliphatic carbocycles. The van der Waals surface area contributed by atoms with Crippen LogP contribution in [-0.2, 0) is 4.79 Å². The van der Waals surface area contributed by atoms with Crippen LogP contribution in [0.15, 0.2) is 30.7 Å². The van der Waals surface area contributed by atoms with Crippen molar-refractivity contribution in [3.8, 4) is 11.3 Å². The van der Waals surface area contributed by atoms with E-state index in [2.05, 4.69) is 25.6 Å². The molecule has 0 spiro atoms. The quantitative estimate of drug-likeness (QED) is 0.519. The van der Waals surface area contributed by atoms with Gasteiger partial charge in [0.2, 0.25) is 5.91 Å². The zero-order valence-electron chi connectivity index (χ0n) is 22.2. The first-order valence-electron chi connectivity index (χ1n) is 12.7. The summed E-state index contributed by atoms with van der Waals surface area (Å²) in [5, 5.41) is 6.04. The predicted molar refractivity (Wildman–Crippen MR) is 130 cm³/mol. The first kappa shape index (κ1) is 18.5. The number of anilines is 4. The van der Waals surface area contributed by atoms with Crippen molar-refractivity contribution in [3.63, 3.8) is 0 Å². The van der Waals surface area contributed by atoms with E-state index in [0.717, 1.165) is 35.5 Å². The fraction of sp³-hybridized carbons (Fsp3) is 0.360. The maximum absolute atomic E-state index is 13.0. The van der Waals surface area contributed by atoms with Crippen LogP contribution in [0, 0.1) is 12.8 Å². The number of nitrogens with one attached hydrogen (secondary N) is 2. The smallest absolute Gasteiger partial charge is 0.228 e. The number of aryl methyl sites for hydroxylation is 1. The van der Waals surface area contributed by atoms with Crippen molar-refractivity contribution >= 4 is 34.7 Å². The van der Waals surface area contributed by atoms with Crippen LogP contribution in [-0.4, -0.2) is 38.7 Å². The normalized spacial score (nSPS) is 18.1. The van der Waals surface area contributed by atoms with Crippen LogP contribution in [0.25, 0.3) is 11.3 Å². The van der Waals surface area contributed by atoms with Gasteiger partial charge in [-0.25, -0.2) is 9.97 Å². The van der Waals surface area contributed by atoms with Crippen molar-refractivity contribution in [3.05, 3.63) is 47.7 Å². The Balaban J connectivity index is 1.60. The lowest BCUT2D eigenvalue weighted by molar-refractivity contribution is -0.117. The van der Waals surface area contributed by atoms with Crippen molar-refractivity contribution in [1.29, 1.82) is 0 Å². The lowest BCUT2D eigenvalue weighted by atomic mass is 9.97. The highest BCUT2D eigenvalue weighted by Crippen LogP contribution is 2.46. The summed E-state index contributed by atoms with van der Waals surface area (Å²) in [6, 6.07) is 3.39. The van der Waals surface area contributed by atoms with Crippen molar-refractivity contribution in [2.75, 3.05) is 22.6 Å². The molecular weight excluding hydrogens is 430 g/mol. The maximum atomic E-state index is 13.0. The number of Topliss-reactive ketones (excluding diaryl/α,β-unsaturated/α-hetero) is 1. The molecule has 0 saturated heterocycles. The topological polar surface area (TPSA) is 113 Å². The molecule has 174 valence electrons. The number of carbonyl (C=O) groups is 2. The van der Waals surface area contributed by atoms with Crippen LogP contribution in [0.5, 0.6) is 0 Å². The standard InChI is InChI=1S/C25H27N7O2/c1-5-19(33)17-12-28-20(31-25(34)15-6-7-15)11-18(17)30-24-23-16(10-13(2)29-24)22-21(14(3)32(23)4)26-8-9-27-22/h8-12,14-15H,5-7H2,1-4H3,(H2,28,29,30,31,34)/t14-/m0/s1/i1D3. The Morgan fingerprint density at radius 2 is 2.00 bits per heavy atom. The molecule has 0 radical (unpaired) electrons. The minimum atomic E-state index is -2.44. The van der Waals surface area contributed by atoms with E-state index >= 15 is 0 Å². The highest BCUT2D eigenvalue weighted by Gasteiger charge is 2.32. The minimum absolute atomic E-state index is 0.0307. The third-order valence-corrected chi connectivity index (χ3v) is 6.25. The first-order chi connectivity index (χ1) is 17.5. The predicted octanol–water partition coefficient (Wildman–Crippen LogP) is 4.44. The molecule has 2 aliphatic rings. The lowest BCUT2D eigenvalue weighted by Gasteiger charge is -2.35. The van der Waals surface area contributed by atoms with Crippen molar-refractivity contribution in [2.24, 2.45) is 5.92 Å². The summed E-state index contributed by atoms with van der Waals surface area (Å²) in [5.41, 5.74) is 4.32. The number of pyridine rings is 2. The van der Waals surface area contributed by atoms with Gasteiger partial charge >= 0.3 is 0 Å². The third kappa shape index (κ3) is 3.87. The molecular formula is C25H27N7O2. The molecule has 9 nitrogen and oxygen atoms in total. The molecule has 1 atom stereocenters. The zero-order valence-corrected chi connectivity index (χ0v) is 19.2. The van der Waals surface area contributed by atoms with Crippen LogP contribution in [0.3, 0.4) is 0 Å². The van der Waals surface area contributed by atoms with Gasteiger partial charge in [-0.05, 0) is 32.8 Å². The second-order valence-corrected chi connectivity index (χ2v) is 8.69. The number of aromatic nitrogens is 4. The van der Waals surface area contributed by atoms with Gasteiger partial charge in [-0.1, -0.05) is 6.85 Å². The second kappa shape index (κ2) is 8.48. The van der Waals surface area contributed by atoms with E-state index in [1.807, 2.05) is 31.9 Å². The number of amides is 1. The summed E-state index contributed by atoms with van der Waals surface area (Å²) in [5.74, 6) is -0.0141. The Morgan fingerprint density at radius 3 is 2.76 bits per heavy atom. The molecule has 34 heavy (non-hydrogen) atoms. The Labute approximate surface area is 202 Å². The van der Waals surface area contributed by atoms with Crippen LogP contribution >= 0.6 is 0 Å². The van der Waals surface area contributed by atoms with Crippen molar-refractivity contribution in [2.45, 2.75) is 46.0 Å². The summed E-state index contributed by atoms with van der Waals surface area (Å²) in [6.07, 6.45) is 5.64. The molecule has 5 rings (SSSR count). The van der Waals surface area contributed by atoms with Gasteiger partial charge in [0.15, 0.2) is 11.6 Å². The number of carbonyl (C=O) groups excluding carboxylic acids is 2. The largest absolute Gasteiger partial charge is 0.363 e. The number of fused-ring (bicyclic) bond motifs is 3. The Kier molecular flexibility index (Phi) is 4.62. The number of rotatable bonds is 6. The van der Waals surface area contributed by atoms with Gasteiger partial charge in [0.25, 0.3) is 0 Å². The zero-order chi connectivity index (χ0) is 26.5. The molecule has 0 aromatic carbocycles. The Hall–Kier alpha value is -3.88. The molecule has 4 heterocycles. The molecule has 3 aromatic heterocycles. The average Bonchev–Trinajstić information content (AvgIpc) is 3.67. The summed E-state index contributed by atoms with van der Waals surface area (Å²) in [4.78, 5) is 45.4. The van der Waals surface area contributed by atoms with Gasteiger partial charge in [-0.15, -0.1) is 0 Å². The van der Waals surface area contributed by atoms with E-state index < -0.39 is 19.1 Å². The number of ketones is 1. The fourth-order valence-electron chi connectivity index (χ4n) is 4.18. The third-order valence-electron chi connectivity index (χ3n) is 6.25. The molecule has 2 N–H and O–H groups in total. The SMILES string of the molecule is [2H]C([2H])([2H])CC(=O)c1cnc(NC(=O)C2CC2)cc1Nc1nc(C)cc2c1N(C)[C@@H](C)c1nccnc1-2. The Bertz CT molecular complexity index is 1410. The summed E-state index contributed by atoms with van der Waals surface area (Å²) in [7, 11) is 1.93. The van der Waals surface area contributed by atoms with Gasteiger partial charge in [-0.2, -0.15) is 0 Å². The van der Waals surface area contributed by atoms with E-state index in [0.29, 0.717) is 17.2 Å². The van der Waals surface area contributed by atoms with Gasteiger partial charge in [-0.3, -0.25) is 19.6 Å². The molecule has 1 aliphatic heterocycles. The number of hydrogen-bond acceptors (Lipinski definition) is 8. The van der Waals surface area contributed by atoms with E-state index in [1.54, 1.807) is 18.5 Å². The van der Waals surface area contributed by atoms with Gasteiger partial charge < -0.3 is 15.5 Å². The molecule has 1 amide bonds. The van der Waals surface area contributed by atoms with Gasteiger partial charge in [0.05, 0.1) is 34.4 Å². The maximum Gasteiger partial charge on any atom is 0.228 e. The van der Waals surface area contributed by atoms with Crippen LogP contribution in [0.2, 0.25) is 0 Å². The highest BCUT2D eigenvalue weighted by atomic mass is 16.2. The fourth-order valence-corrected chi connectivity index (χ4v) is 4.18. The summed E-state index contributed by atoms with van der Waals surface area (Å²) < 4.78 is 22.6. The first-order valence-corrected chi connectivity index (χ1v) is 11.2. The van der Waals surface area contributed by atoms with E-state index in [9.17, 15) is 9.59 Å². The number of hydrogen-bond donors (Lipinski definition) is 2. The minimum Gasteiger partial charge on any atom is -0.363 e. The van der Waals surface area contributed by atoms with Crippen molar-refractivity contribution in [1.82, 2.24) is 19.9 Å². The molecule has 1 saturated carbocycles. The average molecular weight is 461 g/mol. The van der Waals surface area contributed by atoms with Crippen molar-refractivity contribution < 1.29 is 13.7 Å². The molecule has 9 heteroatoms. The Morgan fingerprint density at radius 1 is 1.21 bits per heavy atom. The molecule has 1 fully saturated rings. The van der Waals surface area contributed by atoms with E-state index in [-0.39, 0.29) is 29.2 Å². The molecule has 3 aromatic rings. The molecule has 0 bridgehead atoms. The highest BCUT2D eigenvalue weighted by molar-refractivity contribution is 6.03. The van der Waals surface area contributed by atoms with Crippen LogP contribution < -0.4 is 15.5 Å². The van der Waals surface area contributed by atoms with Crippen LogP contribution in [0.4, 0.5) is 23.0 Å². The second-order valence-electron chi connectivity index (χ2n) is 8.69. The van der Waals surface area contributed by atoms with E-state index in [1.165, 1.54) is 6.20 Å².